The van der Waals surface area contributed by atoms with Crippen LogP contribution in [0.15, 0.2) is 47.4 Å². The predicted octanol–water partition coefficient (Wildman–Crippen LogP) is 2.57. The summed E-state index contributed by atoms with van der Waals surface area (Å²) in [7, 11) is -2.13. The van der Waals surface area contributed by atoms with Gasteiger partial charge >= 0.3 is 0 Å². The van der Waals surface area contributed by atoms with Gasteiger partial charge in [0.05, 0.1) is 23.0 Å². The Kier molecular flexibility index (Phi) is 6.91. The zero-order valence-corrected chi connectivity index (χ0v) is 18.2. The summed E-state index contributed by atoms with van der Waals surface area (Å²) in [6.07, 6.45) is 3.06. The van der Waals surface area contributed by atoms with Crippen LogP contribution in [0.1, 0.15) is 34.8 Å². The molecule has 0 aliphatic carbocycles. The lowest BCUT2D eigenvalue weighted by Crippen LogP contribution is -2.37. The molecule has 1 atom stereocenters. The second-order valence-corrected chi connectivity index (χ2v) is 9.47. The predicted molar refractivity (Wildman–Crippen MR) is 115 cm³/mol. The molecule has 10 heteroatoms. The molecule has 0 aromatic heterocycles. The van der Waals surface area contributed by atoms with Crippen LogP contribution in [-0.4, -0.2) is 57.1 Å². The SMILES string of the molecule is COc1ccccc1C(CNC(=O)c1cc([N+](=O)[O-])cc(S(C)(=O)=O)c1)N1CCCC1. The average Bonchev–Trinajstić information content (AvgIpc) is 3.27. The third kappa shape index (κ3) is 5.39. The van der Waals surface area contributed by atoms with E-state index >= 15 is 0 Å². The van der Waals surface area contributed by atoms with Gasteiger partial charge in [-0.1, -0.05) is 18.2 Å². The number of sulfone groups is 1. The van der Waals surface area contributed by atoms with Crippen LogP contribution < -0.4 is 10.1 Å². The Morgan fingerprint density at radius 2 is 1.90 bits per heavy atom. The number of methoxy groups -OCH3 is 1. The van der Waals surface area contributed by atoms with Crippen molar-refractivity contribution in [1.82, 2.24) is 10.2 Å². The number of likely N-dealkylation sites (tertiary alicyclic amines) is 1. The van der Waals surface area contributed by atoms with Gasteiger partial charge in [0.25, 0.3) is 11.6 Å². The second kappa shape index (κ2) is 9.44. The Morgan fingerprint density at radius 3 is 2.52 bits per heavy atom. The molecule has 3 rings (SSSR count). The highest BCUT2D eigenvalue weighted by Gasteiger charge is 2.27. The van der Waals surface area contributed by atoms with Crippen molar-refractivity contribution in [2.45, 2.75) is 23.8 Å². The van der Waals surface area contributed by atoms with Gasteiger partial charge < -0.3 is 10.1 Å². The molecule has 0 radical (unpaired) electrons. The number of nitro benzene ring substituents is 1. The number of para-hydroxylation sites is 1. The number of hydrogen-bond donors (Lipinski definition) is 1. The number of nitro groups is 1. The zero-order valence-electron chi connectivity index (χ0n) is 17.4. The number of non-ortho nitro benzene ring substituents is 1. The molecule has 1 N–H and O–H groups in total. The first kappa shape index (κ1) is 22.7. The molecular formula is C21H25N3O6S. The van der Waals surface area contributed by atoms with Crippen LogP contribution in [-0.2, 0) is 9.84 Å². The van der Waals surface area contributed by atoms with Crippen molar-refractivity contribution >= 4 is 21.4 Å². The number of carbonyl (C=O) groups excluding carboxylic acids is 1. The smallest absolute Gasteiger partial charge is 0.271 e. The van der Waals surface area contributed by atoms with Crippen LogP contribution in [0, 0.1) is 10.1 Å². The van der Waals surface area contributed by atoms with Gasteiger partial charge in [0.1, 0.15) is 5.75 Å². The molecule has 1 aliphatic rings. The summed E-state index contributed by atoms with van der Waals surface area (Å²) in [5.74, 6) is 0.135. The molecule has 0 saturated carbocycles. The third-order valence-electron chi connectivity index (χ3n) is 5.33. The standard InChI is InChI=1S/C21H25N3O6S/c1-30-20-8-4-3-7-18(20)19(23-9-5-6-10-23)14-22-21(25)15-11-16(24(26)27)13-17(12-15)31(2,28)29/h3-4,7-8,11-13,19H,5-6,9-10,14H2,1-2H3,(H,22,25). The quantitative estimate of drug-likeness (QED) is 0.488. The number of ether oxygens (including phenoxy) is 1. The first-order valence-corrected chi connectivity index (χ1v) is 11.7. The summed E-state index contributed by atoms with van der Waals surface area (Å²) in [6, 6.07) is 10.6. The Morgan fingerprint density at radius 1 is 1.23 bits per heavy atom. The van der Waals surface area contributed by atoms with Crippen LogP contribution in [0.25, 0.3) is 0 Å². The van der Waals surface area contributed by atoms with Gasteiger partial charge in [-0.05, 0) is 38.1 Å². The van der Waals surface area contributed by atoms with E-state index in [2.05, 4.69) is 10.2 Å². The molecule has 2 aromatic rings. The molecule has 166 valence electrons. The number of hydrogen-bond acceptors (Lipinski definition) is 7. The maximum absolute atomic E-state index is 12.8. The maximum Gasteiger partial charge on any atom is 0.271 e. The van der Waals surface area contributed by atoms with E-state index < -0.39 is 26.4 Å². The minimum absolute atomic E-state index is 0.0742. The third-order valence-corrected chi connectivity index (χ3v) is 6.42. The van der Waals surface area contributed by atoms with Crippen LogP contribution in [0.2, 0.25) is 0 Å². The Hall–Kier alpha value is -2.98. The number of amides is 1. The fourth-order valence-electron chi connectivity index (χ4n) is 3.76. The second-order valence-electron chi connectivity index (χ2n) is 7.46. The molecule has 1 unspecified atom stereocenters. The van der Waals surface area contributed by atoms with E-state index in [0.29, 0.717) is 5.75 Å². The molecule has 0 bridgehead atoms. The summed E-state index contributed by atoms with van der Waals surface area (Å²) in [5, 5.41) is 14.0. The van der Waals surface area contributed by atoms with E-state index in [1.165, 1.54) is 0 Å². The Labute approximate surface area is 181 Å². The number of nitrogens with zero attached hydrogens (tertiary/aromatic N) is 2. The van der Waals surface area contributed by atoms with E-state index in [4.69, 9.17) is 4.74 Å². The van der Waals surface area contributed by atoms with Crippen molar-refractivity contribution < 1.29 is 22.9 Å². The molecule has 31 heavy (non-hydrogen) atoms. The lowest BCUT2D eigenvalue weighted by Gasteiger charge is -2.29. The molecule has 2 aromatic carbocycles. The fourth-order valence-corrected chi connectivity index (χ4v) is 4.43. The van der Waals surface area contributed by atoms with Crippen molar-refractivity contribution in [2.75, 3.05) is 33.0 Å². The van der Waals surface area contributed by atoms with Crippen LogP contribution >= 0.6 is 0 Å². The van der Waals surface area contributed by atoms with Gasteiger partial charge in [-0.3, -0.25) is 19.8 Å². The number of carbonyl (C=O) groups is 1. The highest BCUT2D eigenvalue weighted by molar-refractivity contribution is 7.90. The van der Waals surface area contributed by atoms with Gasteiger partial charge in [-0.25, -0.2) is 8.42 Å². The first-order valence-electron chi connectivity index (χ1n) is 9.85. The highest BCUT2D eigenvalue weighted by atomic mass is 32.2. The van der Waals surface area contributed by atoms with Crippen molar-refractivity contribution in [3.63, 3.8) is 0 Å². The van der Waals surface area contributed by atoms with Gasteiger partial charge in [-0.15, -0.1) is 0 Å². The first-order chi connectivity index (χ1) is 14.7. The number of nitrogens with one attached hydrogen (secondary N) is 1. The molecule has 9 nitrogen and oxygen atoms in total. The molecule has 1 heterocycles. The monoisotopic (exact) mass is 447 g/mol. The summed E-state index contributed by atoms with van der Waals surface area (Å²) in [4.78, 5) is 25.3. The van der Waals surface area contributed by atoms with Crippen molar-refractivity contribution in [3.8, 4) is 5.75 Å². The normalized spacial score (nSPS) is 15.4. The molecule has 0 spiro atoms. The fraction of sp³-hybridized carbons (Fsp3) is 0.381. The largest absolute Gasteiger partial charge is 0.496 e. The van der Waals surface area contributed by atoms with Gasteiger partial charge in [0.15, 0.2) is 9.84 Å². The van der Waals surface area contributed by atoms with Gasteiger partial charge in [0.2, 0.25) is 0 Å². The topological polar surface area (TPSA) is 119 Å². The molecule has 1 aliphatic heterocycles. The molecule has 1 fully saturated rings. The number of rotatable bonds is 8. The van der Waals surface area contributed by atoms with Crippen LogP contribution in [0.5, 0.6) is 5.75 Å². The van der Waals surface area contributed by atoms with Gasteiger partial charge in [-0.2, -0.15) is 0 Å². The van der Waals surface area contributed by atoms with E-state index in [-0.39, 0.29) is 23.0 Å². The minimum atomic E-state index is -3.72. The van der Waals surface area contributed by atoms with E-state index in [0.717, 1.165) is 55.9 Å². The lowest BCUT2D eigenvalue weighted by molar-refractivity contribution is -0.385. The van der Waals surface area contributed by atoms with Crippen LogP contribution in [0.4, 0.5) is 5.69 Å². The van der Waals surface area contributed by atoms with Crippen LogP contribution in [0.3, 0.4) is 0 Å². The highest BCUT2D eigenvalue weighted by Crippen LogP contribution is 2.31. The molecule has 1 saturated heterocycles. The summed E-state index contributed by atoms with van der Waals surface area (Å²) in [6.45, 7) is 2.01. The lowest BCUT2D eigenvalue weighted by atomic mass is 10.0. The minimum Gasteiger partial charge on any atom is -0.496 e. The van der Waals surface area contributed by atoms with E-state index in [9.17, 15) is 23.3 Å². The maximum atomic E-state index is 12.8. The van der Waals surface area contributed by atoms with E-state index in [1.54, 1.807) is 7.11 Å². The Balaban J connectivity index is 1.87. The average molecular weight is 448 g/mol. The van der Waals surface area contributed by atoms with E-state index in [1.807, 2.05) is 24.3 Å². The molecule has 1 amide bonds. The summed E-state index contributed by atoms with van der Waals surface area (Å²) < 4.78 is 29.3. The number of benzene rings is 2. The van der Waals surface area contributed by atoms with Gasteiger partial charge in [0, 0.05) is 36.1 Å². The Bertz CT molecular complexity index is 1080. The van der Waals surface area contributed by atoms with Crippen molar-refractivity contribution in [2.24, 2.45) is 0 Å². The molecular weight excluding hydrogens is 422 g/mol. The van der Waals surface area contributed by atoms with Crippen molar-refractivity contribution in [1.29, 1.82) is 0 Å². The summed E-state index contributed by atoms with van der Waals surface area (Å²) >= 11 is 0. The zero-order chi connectivity index (χ0) is 22.6. The van der Waals surface area contributed by atoms with Crippen molar-refractivity contribution in [3.05, 3.63) is 63.7 Å². The summed E-state index contributed by atoms with van der Waals surface area (Å²) in [5.41, 5.74) is 0.409.